The Bertz CT molecular complexity index is 1580. The van der Waals surface area contributed by atoms with Crippen molar-refractivity contribution >= 4 is 27.5 Å². The number of hydrogen-bond donors (Lipinski definition) is 4. The van der Waals surface area contributed by atoms with E-state index < -0.39 is 27.3 Å². The van der Waals surface area contributed by atoms with Crippen LogP contribution in [0.2, 0.25) is 0 Å². The molecule has 1 aromatic heterocycles. The van der Waals surface area contributed by atoms with Crippen LogP contribution in [0.5, 0.6) is 0 Å². The summed E-state index contributed by atoms with van der Waals surface area (Å²) in [6.07, 6.45) is 8.77. The highest BCUT2D eigenvalue weighted by molar-refractivity contribution is 7.85. The summed E-state index contributed by atoms with van der Waals surface area (Å²) in [5.41, 5.74) is 0.799. The Labute approximate surface area is 226 Å². The second-order valence-electron chi connectivity index (χ2n) is 11.4. The summed E-state index contributed by atoms with van der Waals surface area (Å²) in [6, 6.07) is 4.83. The molecule has 4 saturated carbocycles. The first-order chi connectivity index (χ1) is 18.6. The van der Waals surface area contributed by atoms with Crippen LogP contribution in [0.25, 0.3) is 0 Å². The van der Waals surface area contributed by atoms with Crippen molar-refractivity contribution in [3.05, 3.63) is 62.6 Å². The molecule has 7 rings (SSSR count). The lowest BCUT2D eigenvalue weighted by Gasteiger charge is -2.38. The fraction of sp³-hybridized carbons (Fsp3) is 0.519. The summed E-state index contributed by atoms with van der Waals surface area (Å²) in [4.78, 5) is 39.2. The maximum Gasteiger partial charge on any atom is 0.332 e. The fourth-order valence-corrected chi connectivity index (χ4v) is 8.05. The lowest BCUT2D eigenvalue weighted by atomic mass is 9.73. The zero-order valence-electron chi connectivity index (χ0n) is 21.8. The predicted molar refractivity (Wildman–Crippen MR) is 145 cm³/mol. The minimum Gasteiger partial charge on any atom is -0.350 e. The molecule has 1 aromatic carbocycles. The second kappa shape index (κ2) is 9.37. The summed E-state index contributed by atoms with van der Waals surface area (Å²) in [5.74, 6) is 2.13. The Morgan fingerprint density at radius 1 is 1.08 bits per heavy atom. The summed E-state index contributed by atoms with van der Waals surface area (Å²) in [5, 5.41) is 9.44. The zero-order chi connectivity index (χ0) is 27.5. The Balaban J connectivity index is 1.23. The Morgan fingerprint density at radius 3 is 2.41 bits per heavy atom. The number of anilines is 2. The number of aromatic nitrogens is 2. The molecular formula is C27H33N5O6S. The molecule has 12 heteroatoms. The van der Waals surface area contributed by atoms with E-state index in [0.717, 1.165) is 47.1 Å². The molecule has 1 amide bonds. The third-order valence-electron chi connectivity index (χ3n) is 9.05. The third-order valence-corrected chi connectivity index (χ3v) is 9.92. The van der Waals surface area contributed by atoms with Gasteiger partial charge in [-0.25, -0.2) is 4.79 Å². The van der Waals surface area contributed by atoms with Crippen molar-refractivity contribution in [1.82, 2.24) is 14.5 Å². The number of benzene rings is 1. The van der Waals surface area contributed by atoms with Crippen LogP contribution in [0.4, 0.5) is 11.5 Å². The quantitative estimate of drug-likeness (QED) is 0.363. The first-order valence-corrected chi connectivity index (χ1v) is 15.0. The number of hydrogen-bond acceptors (Lipinski definition) is 7. The van der Waals surface area contributed by atoms with Crippen LogP contribution >= 0.6 is 0 Å². The molecule has 4 aliphatic carbocycles. The van der Waals surface area contributed by atoms with Crippen LogP contribution in [-0.2, 0) is 23.2 Å². The molecule has 208 valence electrons. The van der Waals surface area contributed by atoms with E-state index in [9.17, 15) is 22.8 Å². The molecule has 4 N–H and O–H groups in total. The van der Waals surface area contributed by atoms with Crippen LogP contribution in [0.1, 0.15) is 55.8 Å². The van der Waals surface area contributed by atoms with Gasteiger partial charge < -0.3 is 16.0 Å². The topological polar surface area (TPSA) is 152 Å². The van der Waals surface area contributed by atoms with Crippen molar-refractivity contribution in [3.8, 4) is 0 Å². The van der Waals surface area contributed by atoms with Gasteiger partial charge in [-0.1, -0.05) is 6.92 Å². The first kappa shape index (κ1) is 25.9. The van der Waals surface area contributed by atoms with E-state index in [-0.39, 0.29) is 29.0 Å². The minimum atomic E-state index is -4.36. The number of nitrogens with one attached hydrogen (secondary N) is 3. The maximum absolute atomic E-state index is 13.6. The lowest BCUT2D eigenvalue weighted by Crippen LogP contribution is -2.46. The third kappa shape index (κ3) is 4.29. The number of rotatable bonds is 8. The number of carbonyl (C=O) groups is 1. The van der Waals surface area contributed by atoms with E-state index in [1.54, 1.807) is 4.57 Å². The van der Waals surface area contributed by atoms with Crippen molar-refractivity contribution in [3.63, 3.8) is 0 Å². The average Bonchev–Trinajstić information content (AvgIpc) is 3.31. The largest absolute Gasteiger partial charge is 0.350 e. The van der Waals surface area contributed by atoms with Gasteiger partial charge in [-0.2, -0.15) is 8.42 Å². The summed E-state index contributed by atoms with van der Waals surface area (Å²) >= 11 is 0. The van der Waals surface area contributed by atoms with Gasteiger partial charge >= 0.3 is 5.69 Å². The van der Waals surface area contributed by atoms with Gasteiger partial charge in [0, 0.05) is 42.5 Å². The molecule has 4 fully saturated rings. The van der Waals surface area contributed by atoms with Gasteiger partial charge in [0.1, 0.15) is 11.5 Å². The van der Waals surface area contributed by atoms with E-state index in [1.165, 1.54) is 31.4 Å². The summed E-state index contributed by atoms with van der Waals surface area (Å²) < 4.78 is 34.3. The van der Waals surface area contributed by atoms with Crippen LogP contribution in [-0.4, -0.2) is 34.6 Å². The first-order valence-electron chi connectivity index (χ1n) is 13.6. The highest BCUT2D eigenvalue weighted by atomic mass is 32.2. The lowest BCUT2D eigenvalue weighted by molar-refractivity contribution is 0.0952. The fourth-order valence-electron chi connectivity index (χ4n) is 7.57. The van der Waals surface area contributed by atoms with Crippen molar-refractivity contribution in [1.29, 1.82) is 0 Å². The average molecular weight is 556 g/mol. The van der Waals surface area contributed by atoms with Gasteiger partial charge in [0.15, 0.2) is 0 Å². The number of fused-ring (bicyclic) bond motifs is 1. The van der Waals surface area contributed by atoms with Crippen LogP contribution in [0, 0.1) is 23.2 Å². The standard InChI is InChI=1S/C27H33N5O6S/c1-2-8-31-23-22(30-21(15-29-23)27-13-16-10-17(14-27)12-19(27)11-16)25(34)32(26(31)35)9-7-28-24(33)18-3-5-20(6-4-18)39(36,37)38/h3-6,15-17,19,29-30H,2,7-14H2,1H3,(H,28,33)(H,36,37,38). The molecule has 1 aliphatic heterocycles. The highest BCUT2D eigenvalue weighted by Gasteiger charge is 2.59. The monoisotopic (exact) mass is 555 g/mol. The number of amides is 1. The number of carbonyl (C=O) groups excluding carboxylic acids is 1. The molecule has 0 spiro atoms. The van der Waals surface area contributed by atoms with Gasteiger partial charge in [0.2, 0.25) is 0 Å². The molecule has 5 aliphatic rings. The molecule has 2 unspecified atom stereocenters. The number of allylic oxidation sites excluding steroid dienone is 1. The summed E-state index contributed by atoms with van der Waals surface area (Å²) in [6.45, 7) is 2.39. The van der Waals surface area contributed by atoms with E-state index in [2.05, 4.69) is 16.0 Å². The van der Waals surface area contributed by atoms with Crippen LogP contribution in [0.15, 0.2) is 50.6 Å². The number of nitrogens with zero attached hydrogens (tertiary/aromatic N) is 2. The van der Waals surface area contributed by atoms with Crippen LogP contribution < -0.4 is 27.2 Å². The molecule has 2 atom stereocenters. The normalized spacial score (nSPS) is 26.5. The van der Waals surface area contributed by atoms with Gasteiger partial charge in [0.05, 0.1) is 4.90 Å². The van der Waals surface area contributed by atoms with Crippen molar-refractivity contribution in [2.45, 2.75) is 63.4 Å². The minimum absolute atomic E-state index is 0.0183. The van der Waals surface area contributed by atoms with Gasteiger partial charge in [-0.05, 0) is 80.5 Å². The Hall–Kier alpha value is -3.38. The molecule has 0 radical (unpaired) electrons. The van der Waals surface area contributed by atoms with E-state index in [1.807, 2.05) is 13.1 Å². The van der Waals surface area contributed by atoms with E-state index >= 15 is 0 Å². The van der Waals surface area contributed by atoms with E-state index in [4.69, 9.17) is 4.55 Å². The molecule has 2 heterocycles. The molecule has 11 nitrogen and oxygen atoms in total. The molecular weight excluding hydrogens is 522 g/mol. The van der Waals surface area contributed by atoms with E-state index in [0.29, 0.717) is 30.4 Å². The van der Waals surface area contributed by atoms with Crippen molar-refractivity contribution in [2.75, 3.05) is 17.2 Å². The Kier molecular flexibility index (Phi) is 6.22. The highest BCUT2D eigenvalue weighted by Crippen LogP contribution is 2.68. The van der Waals surface area contributed by atoms with Gasteiger partial charge in [-0.3, -0.25) is 23.3 Å². The molecule has 0 saturated heterocycles. The van der Waals surface area contributed by atoms with Crippen molar-refractivity contribution in [2.24, 2.45) is 23.2 Å². The smallest absolute Gasteiger partial charge is 0.332 e. The zero-order valence-corrected chi connectivity index (χ0v) is 22.6. The Morgan fingerprint density at radius 2 is 1.77 bits per heavy atom. The van der Waals surface area contributed by atoms with Gasteiger partial charge in [-0.15, -0.1) is 0 Å². The predicted octanol–water partition coefficient (Wildman–Crippen LogP) is 2.60. The molecule has 2 aromatic rings. The second-order valence-corrected chi connectivity index (χ2v) is 12.8. The van der Waals surface area contributed by atoms with Crippen LogP contribution in [0.3, 0.4) is 0 Å². The van der Waals surface area contributed by atoms with Crippen molar-refractivity contribution < 1.29 is 17.8 Å². The molecule has 4 bridgehead atoms. The SMILES string of the molecule is CCCn1c2c(c(=O)n(CCNC(=O)c3ccc(S(=O)(=O)O)cc3)c1=O)NC(C13CC4CC(CC1C4)C3)=CN2. The maximum atomic E-state index is 13.6. The molecule has 39 heavy (non-hydrogen) atoms. The van der Waals surface area contributed by atoms with Gasteiger partial charge in [0.25, 0.3) is 21.6 Å². The summed E-state index contributed by atoms with van der Waals surface area (Å²) in [7, 11) is -4.36.